The molecule has 1 N–H and O–H groups in total. The Bertz CT molecular complexity index is 744. The number of rotatable bonds is 5. The molecule has 0 spiro atoms. The SMILES string of the molecule is Cc1[nH]nc(S(=O)(=O)N(C)Cc2cccc(Cl)c2)c1CCl. The van der Waals surface area contributed by atoms with Crippen LogP contribution in [-0.4, -0.2) is 30.0 Å². The zero-order valence-electron chi connectivity index (χ0n) is 11.6. The molecule has 114 valence electrons. The molecule has 0 fully saturated rings. The number of benzene rings is 1. The van der Waals surface area contributed by atoms with Crippen molar-refractivity contribution >= 4 is 33.2 Å². The van der Waals surface area contributed by atoms with Crippen LogP contribution in [0.3, 0.4) is 0 Å². The van der Waals surface area contributed by atoms with Crippen LogP contribution in [0.1, 0.15) is 16.8 Å². The number of hydrogen-bond acceptors (Lipinski definition) is 3. The molecule has 0 aliphatic heterocycles. The van der Waals surface area contributed by atoms with Gasteiger partial charge in [-0.1, -0.05) is 23.7 Å². The fourth-order valence-electron chi connectivity index (χ4n) is 1.93. The maximum Gasteiger partial charge on any atom is 0.262 e. The first-order chi connectivity index (χ1) is 9.86. The molecule has 0 amide bonds. The molecule has 0 saturated carbocycles. The summed E-state index contributed by atoms with van der Waals surface area (Å²) in [5.41, 5.74) is 1.95. The first-order valence-electron chi connectivity index (χ1n) is 6.17. The van der Waals surface area contributed by atoms with Crippen LogP contribution in [0.25, 0.3) is 0 Å². The molecule has 1 aromatic carbocycles. The lowest BCUT2D eigenvalue weighted by Gasteiger charge is -2.16. The van der Waals surface area contributed by atoms with Crippen molar-refractivity contribution in [2.45, 2.75) is 24.4 Å². The maximum atomic E-state index is 12.6. The molecule has 5 nitrogen and oxygen atoms in total. The quantitative estimate of drug-likeness (QED) is 0.845. The second-order valence-electron chi connectivity index (χ2n) is 4.66. The average Bonchev–Trinajstić information content (AvgIpc) is 2.80. The molecule has 2 rings (SSSR count). The normalized spacial score (nSPS) is 12.0. The summed E-state index contributed by atoms with van der Waals surface area (Å²) in [5, 5.41) is 7.07. The highest BCUT2D eigenvalue weighted by atomic mass is 35.5. The van der Waals surface area contributed by atoms with Crippen LogP contribution >= 0.6 is 23.2 Å². The van der Waals surface area contributed by atoms with E-state index in [1.54, 1.807) is 25.1 Å². The third kappa shape index (κ3) is 3.40. The Morgan fingerprint density at radius 1 is 1.38 bits per heavy atom. The van der Waals surface area contributed by atoms with Crippen LogP contribution in [0, 0.1) is 6.92 Å². The van der Waals surface area contributed by atoms with Crippen molar-refractivity contribution in [2.24, 2.45) is 0 Å². The van der Waals surface area contributed by atoms with Crippen molar-refractivity contribution in [1.82, 2.24) is 14.5 Å². The summed E-state index contributed by atoms with van der Waals surface area (Å²) >= 11 is 11.7. The highest BCUT2D eigenvalue weighted by Crippen LogP contribution is 2.23. The lowest BCUT2D eigenvalue weighted by molar-refractivity contribution is 0.463. The Kier molecular flexibility index (Phi) is 4.93. The van der Waals surface area contributed by atoms with Crippen molar-refractivity contribution < 1.29 is 8.42 Å². The van der Waals surface area contributed by atoms with Crippen LogP contribution < -0.4 is 0 Å². The van der Waals surface area contributed by atoms with Gasteiger partial charge in [0.25, 0.3) is 10.0 Å². The summed E-state index contributed by atoms with van der Waals surface area (Å²) in [6, 6.07) is 7.06. The Balaban J connectivity index is 2.30. The van der Waals surface area contributed by atoms with Crippen LogP contribution in [0.15, 0.2) is 29.3 Å². The van der Waals surface area contributed by atoms with Crippen molar-refractivity contribution in [3.8, 4) is 0 Å². The number of halogens is 2. The van der Waals surface area contributed by atoms with E-state index in [-0.39, 0.29) is 17.5 Å². The summed E-state index contributed by atoms with van der Waals surface area (Å²) in [6.45, 7) is 1.94. The number of nitrogens with zero attached hydrogens (tertiary/aromatic N) is 2. The van der Waals surface area contributed by atoms with Gasteiger partial charge in [-0.25, -0.2) is 8.42 Å². The van der Waals surface area contributed by atoms with Crippen molar-refractivity contribution in [3.05, 3.63) is 46.1 Å². The molecule has 1 aromatic heterocycles. The van der Waals surface area contributed by atoms with Gasteiger partial charge in [0.2, 0.25) is 0 Å². The molecule has 8 heteroatoms. The Morgan fingerprint density at radius 3 is 2.71 bits per heavy atom. The summed E-state index contributed by atoms with van der Waals surface area (Å²) < 4.78 is 26.4. The fraction of sp³-hybridized carbons (Fsp3) is 0.308. The predicted octanol–water partition coefficient (Wildman–Crippen LogP) is 2.93. The number of hydrogen-bond donors (Lipinski definition) is 1. The Morgan fingerprint density at radius 2 is 2.10 bits per heavy atom. The molecule has 2 aromatic rings. The van der Waals surface area contributed by atoms with E-state index in [0.717, 1.165) is 5.56 Å². The van der Waals surface area contributed by atoms with E-state index >= 15 is 0 Å². The fourth-order valence-corrected chi connectivity index (χ4v) is 3.86. The van der Waals surface area contributed by atoms with Gasteiger partial charge in [0.05, 0.1) is 5.88 Å². The molecule has 21 heavy (non-hydrogen) atoms. The molecule has 0 aliphatic rings. The van der Waals surface area contributed by atoms with Gasteiger partial charge in [-0.05, 0) is 24.6 Å². The lowest BCUT2D eigenvalue weighted by Crippen LogP contribution is -2.27. The van der Waals surface area contributed by atoms with Gasteiger partial charge in [0, 0.05) is 29.9 Å². The smallest absolute Gasteiger partial charge is 0.262 e. The van der Waals surface area contributed by atoms with E-state index < -0.39 is 10.0 Å². The molecular weight excluding hydrogens is 333 g/mol. The van der Waals surface area contributed by atoms with Gasteiger partial charge < -0.3 is 0 Å². The van der Waals surface area contributed by atoms with E-state index in [0.29, 0.717) is 16.3 Å². The third-order valence-electron chi connectivity index (χ3n) is 3.12. The molecule has 0 bridgehead atoms. The topological polar surface area (TPSA) is 66.1 Å². The summed E-state index contributed by atoms with van der Waals surface area (Å²) in [5.74, 6) is 0.0852. The first-order valence-corrected chi connectivity index (χ1v) is 8.52. The summed E-state index contributed by atoms with van der Waals surface area (Å²) in [4.78, 5) is 0. The Hall–Kier alpha value is -1.08. The van der Waals surface area contributed by atoms with Crippen molar-refractivity contribution in [3.63, 3.8) is 0 Å². The van der Waals surface area contributed by atoms with Crippen molar-refractivity contribution in [1.29, 1.82) is 0 Å². The average molecular weight is 348 g/mol. The Labute approximate surface area is 133 Å². The summed E-state index contributed by atoms with van der Waals surface area (Å²) in [7, 11) is -2.21. The van der Waals surface area contributed by atoms with Gasteiger partial charge in [-0.3, -0.25) is 5.10 Å². The van der Waals surface area contributed by atoms with Gasteiger partial charge in [0.1, 0.15) is 0 Å². The largest absolute Gasteiger partial charge is 0.281 e. The van der Waals surface area contributed by atoms with Crippen LogP contribution in [0.5, 0.6) is 0 Å². The molecule has 0 aliphatic carbocycles. The zero-order chi connectivity index (χ0) is 15.6. The van der Waals surface area contributed by atoms with Crippen LogP contribution in [0.4, 0.5) is 0 Å². The highest BCUT2D eigenvalue weighted by Gasteiger charge is 2.27. The van der Waals surface area contributed by atoms with Crippen LogP contribution in [-0.2, 0) is 22.4 Å². The number of alkyl halides is 1. The van der Waals surface area contributed by atoms with E-state index in [1.165, 1.54) is 11.4 Å². The monoisotopic (exact) mass is 347 g/mol. The van der Waals surface area contributed by atoms with E-state index in [1.807, 2.05) is 6.07 Å². The maximum absolute atomic E-state index is 12.6. The standard InChI is InChI=1S/C13H15Cl2N3O2S/c1-9-12(7-14)13(17-16-9)21(19,20)18(2)8-10-4-3-5-11(15)6-10/h3-6H,7-8H2,1-2H3,(H,16,17). The second kappa shape index (κ2) is 6.36. The van der Waals surface area contributed by atoms with Gasteiger partial charge in [-0.2, -0.15) is 9.40 Å². The minimum atomic E-state index is -3.71. The van der Waals surface area contributed by atoms with Crippen LogP contribution in [0.2, 0.25) is 5.02 Å². The molecular formula is C13H15Cl2N3O2S. The minimum absolute atomic E-state index is 0.0282. The van der Waals surface area contributed by atoms with E-state index in [4.69, 9.17) is 23.2 Å². The number of aromatic nitrogens is 2. The lowest BCUT2D eigenvalue weighted by atomic mass is 10.2. The number of aromatic amines is 1. The van der Waals surface area contributed by atoms with E-state index in [9.17, 15) is 8.42 Å². The molecule has 0 radical (unpaired) electrons. The van der Waals surface area contributed by atoms with Gasteiger partial charge in [-0.15, -0.1) is 11.6 Å². The first kappa shape index (κ1) is 16.3. The highest BCUT2D eigenvalue weighted by molar-refractivity contribution is 7.89. The molecule has 0 unspecified atom stereocenters. The molecule has 0 saturated heterocycles. The second-order valence-corrected chi connectivity index (χ2v) is 7.32. The number of sulfonamides is 1. The zero-order valence-corrected chi connectivity index (χ0v) is 13.9. The van der Waals surface area contributed by atoms with E-state index in [2.05, 4.69) is 10.2 Å². The minimum Gasteiger partial charge on any atom is -0.281 e. The predicted molar refractivity (Wildman–Crippen MR) is 83.0 cm³/mol. The third-order valence-corrected chi connectivity index (χ3v) is 5.40. The van der Waals surface area contributed by atoms with Gasteiger partial charge in [0.15, 0.2) is 5.03 Å². The number of aryl methyl sites for hydroxylation is 1. The van der Waals surface area contributed by atoms with Gasteiger partial charge >= 0.3 is 0 Å². The number of nitrogens with one attached hydrogen (secondary N) is 1. The summed E-state index contributed by atoms with van der Waals surface area (Å²) in [6.07, 6.45) is 0. The van der Waals surface area contributed by atoms with Crippen molar-refractivity contribution in [2.75, 3.05) is 7.05 Å². The molecule has 0 atom stereocenters. The number of H-pyrrole nitrogens is 1. The molecule has 1 heterocycles.